The highest BCUT2D eigenvalue weighted by Crippen LogP contribution is 2.28. The Morgan fingerprint density at radius 2 is 2.50 bits per heavy atom. The minimum absolute atomic E-state index is 0.0726. The quantitative estimate of drug-likeness (QED) is 0.567. The van der Waals surface area contributed by atoms with Crippen LogP contribution >= 0.6 is 11.8 Å². The van der Waals surface area contributed by atoms with Gasteiger partial charge in [0.25, 0.3) is 5.62 Å². The molecule has 0 aromatic rings. The largest absolute Gasteiger partial charge is 0.425 e. The number of hydrogen-bond donors (Lipinski definition) is 0. The average Bonchev–Trinajstić information content (AvgIpc) is 2.14. The summed E-state index contributed by atoms with van der Waals surface area (Å²) >= 11 is 1.40. The smallest absolute Gasteiger partial charge is 0.321 e. The minimum Gasteiger partial charge on any atom is -0.425 e. The van der Waals surface area contributed by atoms with E-state index in [-0.39, 0.29) is 16.8 Å². The maximum Gasteiger partial charge on any atom is 0.321 e. The second-order valence-corrected chi connectivity index (χ2v) is 3.32. The lowest BCUT2D eigenvalue weighted by Crippen LogP contribution is -2.10. The predicted molar refractivity (Wildman–Crippen MR) is 38.6 cm³/mol. The van der Waals surface area contributed by atoms with Gasteiger partial charge in [-0.05, 0) is 13.8 Å². The average molecular weight is 162 g/mol. The lowest BCUT2D eigenvalue weighted by atomic mass is 10.5. The van der Waals surface area contributed by atoms with Crippen LogP contribution in [0, 0.1) is 0 Å². The molecule has 0 radical (unpaired) electrons. The number of cyclic esters (lactones) is 1. The highest BCUT2D eigenvalue weighted by molar-refractivity contribution is 8.01. The van der Waals surface area contributed by atoms with Crippen molar-refractivity contribution in [3.8, 4) is 0 Å². The summed E-state index contributed by atoms with van der Waals surface area (Å²) in [4.78, 5) is 10.7. The zero-order chi connectivity index (χ0) is 7.56. The molecule has 58 valence electrons. The first-order valence-corrected chi connectivity index (χ1v) is 4.16. The molecule has 1 rings (SSSR count). The number of ether oxygens (including phenoxy) is 2. The normalized spacial score (nSPS) is 32.4. The number of carbonyl (C=O) groups excluding carboxylic acids is 1. The molecule has 1 heterocycles. The summed E-state index contributed by atoms with van der Waals surface area (Å²) in [6, 6.07) is 0. The second-order valence-electron chi connectivity index (χ2n) is 1.96. The Bertz CT molecular complexity index is 137. The molecule has 1 saturated heterocycles. The Balaban J connectivity index is 2.34. The molecule has 0 aliphatic carbocycles. The third-order valence-electron chi connectivity index (χ3n) is 1.16. The van der Waals surface area contributed by atoms with Crippen molar-refractivity contribution >= 4 is 17.7 Å². The van der Waals surface area contributed by atoms with Crippen LogP contribution in [0.1, 0.15) is 13.8 Å². The first-order chi connectivity index (χ1) is 4.74. The van der Waals surface area contributed by atoms with E-state index in [4.69, 9.17) is 9.47 Å². The molecule has 1 aliphatic heterocycles. The van der Waals surface area contributed by atoms with Gasteiger partial charge in [0.2, 0.25) is 0 Å². The monoisotopic (exact) mass is 162 g/mol. The molecule has 0 N–H and O–H groups in total. The third-order valence-corrected chi connectivity index (χ3v) is 2.22. The number of carbonyl (C=O) groups is 1. The highest BCUT2D eigenvalue weighted by atomic mass is 32.2. The van der Waals surface area contributed by atoms with Crippen molar-refractivity contribution in [2.45, 2.75) is 24.7 Å². The van der Waals surface area contributed by atoms with Crippen molar-refractivity contribution in [1.29, 1.82) is 0 Å². The molecule has 1 aliphatic rings. The summed E-state index contributed by atoms with van der Waals surface area (Å²) in [7, 11) is 0. The first-order valence-electron chi connectivity index (χ1n) is 3.21. The molecular weight excluding hydrogens is 152 g/mol. The van der Waals surface area contributed by atoms with Crippen LogP contribution in [0.5, 0.6) is 0 Å². The molecule has 2 atom stereocenters. The van der Waals surface area contributed by atoms with Gasteiger partial charge in [-0.25, -0.2) is 0 Å². The zero-order valence-electron chi connectivity index (χ0n) is 5.99. The molecule has 0 unspecified atom stereocenters. The molecule has 0 amide bonds. The number of hydrogen-bond acceptors (Lipinski definition) is 4. The molecule has 0 aromatic carbocycles. The summed E-state index contributed by atoms with van der Waals surface area (Å²) in [6.45, 7) is 4.26. The fourth-order valence-corrected chi connectivity index (χ4v) is 1.52. The Kier molecular flexibility index (Phi) is 2.56. The van der Waals surface area contributed by atoms with Gasteiger partial charge in [-0.15, -0.1) is 0 Å². The molecule has 3 nitrogen and oxygen atoms in total. The highest BCUT2D eigenvalue weighted by Gasteiger charge is 2.31. The molecular formula is C6H10O3S. The Hall–Kier alpha value is -0.220. The fraction of sp³-hybridized carbons (Fsp3) is 0.833. The van der Waals surface area contributed by atoms with Gasteiger partial charge >= 0.3 is 5.97 Å². The summed E-state index contributed by atoms with van der Waals surface area (Å²) < 4.78 is 9.88. The topological polar surface area (TPSA) is 35.5 Å². The van der Waals surface area contributed by atoms with E-state index >= 15 is 0 Å². The van der Waals surface area contributed by atoms with Gasteiger partial charge < -0.3 is 9.47 Å². The summed E-state index contributed by atoms with van der Waals surface area (Å²) in [5.41, 5.74) is -0.368. The van der Waals surface area contributed by atoms with Crippen LogP contribution in [0.3, 0.4) is 0 Å². The zero-order valence-corrected chi connectivity index (χ0v) is 6.81. The van der Waals surface area contributed by atoms with E-state index in [1.807, 2.05) is 13.8 Å². The van der Waals surface area contributed by atoms with Crippen molar-refractivity contribution in [3.63, 3.8) is 0 Å². The standard InChI is InChI=1S/C6H10O3S/c1-3-8-6-9-5(7)4(2)10-6/h4,6H,3H2,1-2H3/t4-,6-/m0/s1. The SMILES string of the molecule is CCO[C@H]1OC(=O)[C@H](C)S1. The Morgan fingerprint density at radius 3 is 2.90 bits per heavy atom. The molecule has 0 spiro atoms. The van der Waals surface area contributed by atoms with Gasteiger partial charge in [0.05, 0.1) is 0 Å². The maximum atomic E-state index is 10.7. The Morgan fingerprint density at radius 1 is 1.80 bits per heavy atom. The molecule has 10 heavy (non-hydrogen) atoms. The van der Waals surface area contributed by atoms with Gasteiger partial charge in [0.1, 0.15) is 5.25 Å². The lowest BCUT2D eigenvalue weighted by Gasteiger charge is -2.05. The van der Waals surface area contributed by atoms with Crippen LogP contribution in [-0.4, -0.2) is 23.4 Å². The van der Waals surface area contributed by atoms with Crippen molar-refractivity contribution in [1.82, 2.24) is 0 Å². The van der Waals surface area contributed by atoms with Gasteiger partial charge in [-0.2, -0.15) is 0 Å². The van der Waals surface area contributed by atoms with E-state index in [9.17, 15) is 4.79 Å². The van der Waals surface area contributed by atoms with Crippen molar-refractivity contribution < 1.29 is 14.3 Å². The summed E-state index contributed by atoms with van der Waals surface area (Å²) in [5.74, 6) is -0.177. The van der Waals surface area contributed by atoms with Crippen LogP contribution < -0.4 is 0 Å². The predicted octanol–water partition coefficient (Wildman–Crippen LogP) is 0.985. The van der Waals surface area contributed by atoms with E-state index in [1.54, 1.807) is 0 Å². The fourth-order valence-electron chi connectivity index (χ4n) is 0.650. The van der Waals surface area contributed by atoms with Crippen LogP contribution in [0.15, 0.2) is 0 Å². The van der Waals surface area contributed by atoms with Crippen molar-refractivity contribution in [2.75, 3.05) is 6.61 Å². The number of rotatable bonds is 2. The van der Waals surface area contributed by atoms with Gasteiger partial charge in [-0.1, -0.05) is 11.8 Å². The van der Waals surface area contributed by atoms with E-state index in [2.05, 4.69) is 0 Å². The number of thioether (sulfide) groups is 1. The summed E-state index contributed by atoms with van der Waals surface area (Å²) in [6.07, 6.45) is 0. The molecule has 0 aromatic heterocycles. The second kappa shape index (κ2) is 3.25. The van der Waals surface area contributed by atoms with Crippen molar-refractivity contribution in [3.05, 3.63) is 0 Å². The van der Waals surface area contributed by atoms with Crippen LogP contribution in [-0.2, 0) is 14.3 Å². The van der Waals surface area contributed by atoms with E-state index < -0.39 is 0 Å². The molecule has 0 bridgehead atoms. The summed E-state index contributed by atoms with van der Waals surface area (Å²) in [5, 5.41) is -0.0726. The molecule has 0 saturated carbocycles. The van der Waals surface area contributed by atoms with E-state index in [0.717, 1.165) is 0 Å². The van der Waals surface area contributed by atoms with Gasteiger partial charge in [0.15, 0.2) is 0 Å². The van der Waals surface area contributed by atoms with E-state index in [1.165, 1.54) is 11.8 Å². The van der Waals surface area contributed by atoms with Gasteiger partial charge in [-0.3, -0.25) is 4.79 Å². The van der Waals surface area contributed by atoms with Crippen LogP contribution in [0.4, 0.5) is 0 Å². The minimum atomic E-state index is -0.368. The van der Waals surface area contributed by atoms with E-state index in [0.29, 0.717) is 6.61 Å². The van der Waals surface area contributed by atoms with Crippen LogP contribution in [0.2, 0.25) is 0 Å². The van der Waals surface area contributed by atoms with Gasteiger partial charge in [0, 0.05) is 6.61 Å². The Labute approximate surface area is 64.1 Å². The molecule has 1 fully saturated rings. The molecule has 4 heteroatoms. The maximum absolute atomic E-state index is 10.7. The van der Waals surface area contributed by atoms with Crippen LogP contribution in [0.25, 0.3) is 0 Å². The first kappa shape index (κ1) is 7.88. The van der Waals surface area contributed by atoms with Crippen molar-refractivity contribution in [2.24, 2.45) is 0 Å². The lowest BCUT2D eigenvalue weighted by molar-refractivity contribution is -0.155. The number of esters is 1. The third kappa shape index (κ3) is 1.64.